The van der Waals surface area contributed by atoms with Crippen molar-refractivity contribution >= 4 is 26.9 Å². The minimum Gasteiger partial charge on any atom is -0.497 e. The van der Waals surface area contributed by atoms with Crippen molar-refractivity contribution in [2.24, 2.45) is 0 Å². The van der Waals surface area contributed by atoms with Crippen LogP contribution in [0.15, 0.2) is 70.5 Å². The molecule has 1 aliphatic heterocycles. The van der Waals surface area contributed by atoms with Crippen LogP contribution in [0.2, 0.25) is 0 Å². The summed E-state index contributed by atoms with van der Waals surface area (Å²) < 4.78 is 41.1. The predicted molar refractivity (Wildman–Crippen MR) is 119 cm³/mol. The number of sulfonamides is 1. The number of benzene rings is 1. The second-order valence-corrected chi connectivity index (χ2v) is 10.3. The first-order chi connectivity index (χ1) is 15.1. The lowest BCUT2D eigenvalue weighted by Crippen LogP contribution is -2.42. The smallest absolute Gasteiger partial charge is 0.252 e. The molecule has 1 saturated heterocycles. The summed E-state index contributed by atoms with van der Waals surface area (Å²) in [4.78, 5) is 4.61. The number of thiophene rings is 1. The number of hydrogen-bond donors (Lipinski definition) is 0. The minimum atomic E-state index is -3.53. The van der Waals surface area contributed by atoms with Gasteiger partial charge in [-0.3, -0.25) is 4.40 Å². The number of fused-ring (bicyclic) bond motifs is 1. The van der Waals surface area contributed by atoms with Gasteiger partial charge in [0.25, 0.3) is 10.0 Å². The molecule has 0 amide bonds. The van der Waals surface area contributed by atoms with Crippen LogP contribution in [-0.4, -0.2) is 48.9 Å². The average molecular weight is 456 g/mol. The summed E-state index contributed by atoms with van der Waals surface area (Å²) in [7, 11) is -1.89. The number of rotatable bonds is 5. The number of pyridine rings is 1. The molecule has 0 aliphatic carbocycles. The zero-order chi connectivity index (χ0) is 21.4. The number of methoxy groups -OCH3 is 1. The second-order valence-electron chi connectivity index (χ2n) is 7.18. The Morgan fingerprint density at radius 2 is 2.03 bits per heavy atom. The second kappa shape index (κ2) is 8.08. The Kier molecular flexibility index (Phi) is 5.27. The highest BCUT2D eigenvalue weighted by atomic mass is 32.2. The van der Waals surface area contributed by atoms with Crippen LogP contribution < -0.4 is 4.74 Å². The first-order valence-corrected chi connectivity index (χ1v) is 12.2. The van der Waals surface area contributed by atoms with Crippen molar-refractivity contribution in [1.82, 2.24) is 13.7 Å². The van der Waals surface area contributed by atoms with Crippen LogP contribution in [0, 0.1) is 0 Å². The number of imidazole rings is 1. The van der Waals surface area contributed by atoms with Crippen LogP contribution in [0.1, 0.15) is 11.8 Å². The zero-order valence-corrected chi connectivity index (χ0v) is 18.5. The molecule has 7 nitrogen and oxygen atoms in total. The fraction of sp³-hybridized carbons (Fsp3) is 0.227. The number of ether oxygens (including phenoxy) is 2. The molecule has 0 saturated carbocycles. The van der Waals surface area contributed by atoms with Gasteiger partial charge in [0.1, 0.15) is 22.4 Å². The van der Waals surface area contributed by atoms with Crippen LogP contribution in [-0.2, 0) is 14.8 Å². The molecule has 1 aromatic carbocycles. The van der Waals surface area contributed by atoms with Gasteiger partial charge in [-0.2, -0.15) is 4.31 Å². The van der Waals surface area contributed by atoms with Gasteiger partial charge in [-0.25, -0.2) is 13.4 Å². The largest absolute Gasteiger partial charge is 0.497 e. The molecule has 0 spiro atoms. The lowest BCUT2D eigenvalue weighted by Gasteiger charge is -2.31. The first-order valence-electron chi connectivity index (χ1n) is 9.83. The third-order valence-corrected chi connectivity index (χ3v) is 8.63. The van der Waals surface area contributed by atoms with Crippen molar-refractivity contribution in [2.75, 3.05) is 26.8 Å². The molecule has 31 heavy (non-hydrogen) atoms. The third kappa shape index (κ3) is 3.63. The highest BCUT2D eigenvalue weighted by molar-refractivity contribution is 7.91. The molecule has 160 valence electrons. The van der Waals surface area contributed by atoms with Gasteiger partial charge < -0.3 is 9.47 Å². The number of nitrogens with zero attached hydrogens (tertiary/aromatic N) is 3. The monoisotopic (exact) mass is 455 g/mol. The maximum absolute atomic E-state index is 13.0. The summed E-state index contributed by atoms with van der Waals surface area (Å²) in [5, 5.41) is 1.77. The zero-order valence-electron chi connectivity index (χ0n) is 16.8. The maximum Gasteiger partial charge on any atom is 0.252 e. The molecule has 3 aromatic heterocycles. The topological polar surface area (TPSA) is 73.1 Å². The number of morpholine rings is 1. The van der Waals surface area contributed by atoms with Gasteiger partial charge in [-0.15, -0.1) is 11.3 Å². The van der Waals surface area contributed by atoms with Crippen molar-refractivity contribution in [3.8, 4) is 17.0 Å². The average Bonchev–Trinajstić information content (AvgIpc) is 3.50. The molecule has 4 heterocycles. The van der Waals surface area contributed by atoms with Crippen molar-refractivity contribution in [2.45, 2.75) is 10.3 Å². The normalized spacial score (nSPS) is 17.8. The molecule has 1 fully saturated rings. The molecule has 1 atom stereocenters. The molecule has 5 rings (SSSR count). The van der Waals surface area contributed by atoms with Gasteiger partial charge in [0, 0.05) is 18.7 Å². The van der Waals surface area contributed by atoms with Gasteiger partial charge in [-0.1, -0.05) is 24.3 Å². The lowest BCUT2D eigenvalue weighted by molar-refractivity contribution is -0.00384. The van der Waals surface area contributed by atoms with Gasteiger partial charge in [-0.05, 0) is 35.7 Å². The van der Waals surface area contributed by atoms with E-state index in [0.717, 1.165) is 28.2 Å². The van der Waals surface area contributed by atoms with Crippen molar-refractivity contribution in [1.29, 1.82) is 0 Å². The van der Waals surface area contributed by atoms with Gasteiger partial charge in [0.15, 0.2) is 0 Å². The predicted octanol–water partition coefficient (Wildman–Crippen LogP) is 3.83. The highest BCUT2D eigenvalue weighted by Crippen LogP contribution is 2.32. The van der Waals surface area contributed by atoms with E-state index < -0.39 is 16.1 Å². The SMILES string of the molecule is COc1cccc(-c2cccc3c([C@@H]4CN(S(=O)(=O)c5cccs5)CCO4)ncn23)c1. The summed E-state index contributed by atoms with van der Waals surface area (Å²) in [6.45, 7) is 0.887. The van der Waals surface area contributed by atoms with E-state index in [1.54, 1.807) is 30.9 Å². The Hall–Kier alpha value is -2.72. The molecular weight excluding hydrogens is 434 g/mol. The molecule has 4 aromatic rings. The summed E-state index contributed by atoms with van der Waals surface area (Å²) in [5.41, 5.74) is 3.59. The molecule has 0 N–H and O–H groups in total. The van der Waals surface area contributed by atoms with Crippen LogP contribution in [0.5, 0.6) is 5.75 Å². The van der Waals surface area contributed by atoms with Crippen LogP contribution in [0.25, 0.3) is 16.8 Å². The fourth-order valence-electron chi connectivity index (χ4n) is 3.85. The summed E-state index contributed by atoms with van der Waals surface area (Å²) in [6, 6.07) is 17.2. The highest BCUT2D eigenvalue weighted by Gasteiger charge is 2.33. The van der Waals surface area contributed by atoms with Crippen molar-refractivity contribution < 1.29 is 17.9 Å². The Bertz CT molecular complexity index is 1320. The van der Waals surface area contributed by atoms with E-state index in [0.29, 0.717) is 17.4 Å². The van der Waals surface area contributed by atoms with Crippen LogP contribution in [0.3, 0.4) is 0 Å². The third-order valence-electron chi connectivity index (χ3n) is 5.39. The van der Waals surface area contributed by atoms with Gasteiger partial charge >= 0.3 is 0 Å². The van der Waals surface area contributed by atoms with E-state index in [-0.39, 0.29) is 6.54 Å². The molecule has 0 unspecified atom stereocenters. The first kappa shape index (κ1) is 20.2. The van der Waals surface area contributed by atoms with Crippen molar-refractivity contribution in [3.63, 3.8) is 0 Å². The quantitative estimate of drug-likeness (QED) is 0.457. The molecule has 1 aliphatic rings. The van der Waals surface area contributed by atoms with E-state index in [4.69, 9.17) is 9.47 Å². The van der Waals surface area contributed by atoms with Crippen LogP contribution in [0.4, 0.5) is 0 Å². The van der Waals surface area contributed by atoms with E-state index in [9.17, 15) is 8.42 Å². The Labute approximate surface area is 184 Å². The van der Waals surface area contributed by atoms with Crippen molar-refractivity contribution in [3.05, 3.63) is 72.0 Å². The van der Waals surface area contributed by atoms with E-state index >= 15 is 0 Å². The van der Waals surface area contributed by atoms with E-state index in [2.05, 4.69) is 4.98 Å². The van der Waals surface area contributed by atoms with E-state index in [1.807, 2.05) is 46.9 Å². The van der Waals surface area contributed by atoms with Gasteiger partial charge in [0.2, 0.25) is 0 Å². The lowest BCUT2D eigenvalue weighted by atomic mass is 10.1. The fourth-order valence-corrected chi connectivity index (χ4v) is 6.42. The summed E-state index contributed by atoms with van der Waals surface area (Å²) in [6.07, 6.45) is 1.32. The number of aromatic nitrogens is 2. The molecular formula is C22H21N3O4S2. The standard InChI is InChI=1S/C22H21N3O4S2/c1-28-17-6-2-5-16(13-17)18-7-3-8-19-22(23-15-25(18)19)20-14-24(10-11-29-20)31(26,27)21-9-4-12-30-21/h2-9,12-13,15,20H,10-11,14H2,1H3/t20-/m0/s1. The number of hydrogen-bond acceptors (Lipinski definition) is 6. The van der Waals surface area contributed by atoms with Gasteiger partial charge in [0.05, 0.1) is 30.6 Å². The Balaban J connectivity index is 1.50. The van der Waals surface area contributed by atoms with E-state index in [1.165, 1.54) is 15.6 Å². The Morgan fingerprint density at radius 3 is 2.84 bits per heavy atom. The molecule has 9 heteroatoms. The maximum atomic E-state index is 13.0. The summed E-state index contributed by atoms with van der Waals surface area (Å²) >= 11 is 1.23. The molecule has 0 radical (unpaired) electrons. The minimum absolute atomic E-state index is 0.232. The molecule has 0 bridgehead atoms. The Morgan fingerprint density at radius 1 is 1.16 bits per heavy atom. The van der Waals surface area contributed by atoms with Crippen LogP contribution >= 0.6 is 11.3 Å². The summed E-state index contributed by atoms with van der Waals surface area (Å²) in [5.74, 6) is 0.778.